The van der Waals surface area contributed by atoms with Crippen LogP contribution in [0.25, 0.3) is 0 Å². The van der Waals surface area contributed by atoms with Gasteiger partial charge in [-0.3, -0.25) is 15.1 Å². The first-order chi connectivity index (χ1) is 16.9. The molecular weight excluding hydrogens is 454 g/mol. The number of carboxylic acids is 1. The molecule has 1 atom stereocenters. The van der Waals surface area contributed by atoms with E-state index in [0.29, 0.717) is 29.2 Å². The summed E-state index contributed by atoms with van der Waals surface area (Å²) in [5, 5.41) is 27.7. The first-order valence-corrected chi connectivity index (χ1v) is 10.6. The summed E-state index contributed by atoms with van der Waals surface area (Å²) < 4.78 is 15.9. The topological polar surface area (TPSA) is 124 Å². The second-order valence-corrected chi connectivity index (χ2v) is 7.68. The second-order valence-electron chi connectivity index (χ2n) is 7.68. The predicted molar refractivity (Wildman–Crippen MR) is 129 cm³/mol. The van der Waals surface area contributed by atoms with Crippen molar-refractivity contribution >= 4 is 23.1 Å². The number of anilines is 1. The Labute approximate surface area is 201 Å². The first-order valence-electron chi connectivity index (χ1n) is 10.6. The van der Waals surface area contributed by atoms with Crippen LogP contribution in [0.4, 0.5) is 11.4 Å². The Morgan fingerprint density at radius 2 is 1.69 bits per heavy atom. The Hall–Kier alpha value is -4.60. The Balaban J connectivity index is 1.84. The minimum Gasteiger partial charge on any atom is -0.497 e. The number of hydrazone groups is 1. The third kappa shape index (κ3) is 4.45. The summed E-state index contributed by atoms with van der Waals surface area (Å²) in [6.45, 7) is 0. The average Bonchev–Trinajstić information content (AvgIpc) is 3.33. The monoisotopic (exact) mass is 477 g/mol. The van der Waals surface area contributed by atoms with Gasteiger partial charge >= 0.3 is 5.97 Å². The number of aromatic carboxylic acids is 1. The highest BCUT2D eigenvalue weighted by Gasteiger charge is 2.35. The molecule has 10 nitrogen and oxygen atoms in total. The minimum atomic E-state index is -1.17. The summed E-state index contributed by atoms with van der Waals surface area (Å²) in [5.41, 5.74) is 2.53. The van der Waals surface area contributed by atoms with E-state index >= 15 is 0 Å². The van der Waals surface area contributed by atoms with Gasteiger partial charge in [0.15, 0.2) is 11.5 Å². The highest BCUT2D eigenvalue weighted by atomic mass is 16.6. The fourth-order valence-corrected chi connectivity index (χ4v) is 4.12. The molecule has 0 spiro atoms. The fraction of sp³-hybridized carbons (Fsp3) is 0.200. The zero-order valence-electron chi connectivity index (χ0n) is 19.3. The lowest BCUT2D eigenvalue weighted by Gasteiger charge is -2.26. The van der Waals surface area contributed by atoms with Crippen LogP contribution in [0.1, 0.15) is 33.9 Å². The van der Waals surface area contributed by atoms with E-state index in [0.717, 1.165) is 11.3 Å². The van der Waals surface area contributed by atoms with Crippen LogP contribution in [-0.2, 0) is 0 Å². The van der Waals surface area contributed by atoms with Gasteiger partial charge in [0.05, 0.1) is 43.7 Å². The maximum Gasteiger partial charge on any atom is 0.339 e. The summed E-state index contributed by atoms with van der Waals surface area (Å²) in [7, 11) is 4.40. The summed E-state index contributed by atoms with van der Waals surface area (Å²) >= 11 is 0. The molecule has 1 aliphatic rings. The smallest absolute Gasteiger partial charge is 0.339 e. The number of ether oxygens (including phenoxy) is 3. The largest absolute Gasteiger partial charge is 0.497 e. The maximum atomic E-state index is 12.3. The van der Waals surface area contributed by atoms with E-state index in [2.05, 4.69) is 0 Å². The molecule has 0 amide bonds. The minimum absolute atomic E-state index is 0.0325. The van der Waals surface area contributed by atoms with Crippen LogP contribution in [-0.4, -0.2) is 43.0 Å². The van der Waals surface area contributed by atoms with Gasteiger partial charge in [-0.05, 0) is 53.6 Å². The molecule has 180 valence electrons. The highest BCUT2D eigenvalue weighted by molar-refractivity contribution is 6.04. The number of carboxylic acid groups (broad SMARTS) is 1. The number of nitrogens with zero attached hydrogens (tertiary/aromatic N) is 3. The molecule has 3 aromatic rings. The van der Waals surface area contributed by atoms with Gasteiger partial charge in [0, 0.05) is 18.6 Å². The number of hydrogen-bond donors (Lipinski definition) is 1. The summed E-state index contributed by atoms with van der Waals surface area (Å²) in [5.74, 6) is -0.0645. The molecular formula is C25H23N3O7. The second kappa shape index (κ2) is 9.72. The van der Waals surface area contributed by atoms with Crippen LogP contribution >= 0.6 is 0 Å². The van der Waals surface area contributed by atoms with Crippen molar-refractivity contribution in [3.8, 4) is 17.2 Å². The van der Waals surface area contributed by atoms with Crippen molar-refractivity contribution in [1.29, 1.82) is 0 Å². The molecule has 4 rings (SSSR count). The number of non-ortho nitro benzene ring substituents is 1. The predicted octanol–water partition coefficient (Wildman–Crippen LogP) is 4.67. The summed E-state index contributed by atoms with van der Waals surface area (Å²) in [4.78, 5) is 23.0. The normalized spacial score (nSPS) is 14.9. The van der Waals surface area contributed by atoms with E-state index in [1.807, 2.05) is 24.3 Å². The molecule has 0 aliphatic carbocycles. The van der Waals surface area contributed by atoms with Crippen molar-refractivity contribution < 1.29 is 29.0 Å². The van der Waals surface area contributed by atoms with Gasteiger partial charge in [0.2, 0.25) is 0 Å². The zero-order valence-corrected chi connectivity index (χ0v) is 19.3. The number of methoxy groups -OCH3 is 3. The van der Waals surface area contributed by atoms with Gasteiger partial charge in [-0.15, -0.1) is 0 Å². The van der Waals surface area contributed by atoms with Crippen LogP contribution in [0.3, 0.4) is 0 Å². The lowest BCUT2D eigenvalue weighted by Crippen LogP contribution is -2.21. The van der Waals surface area contributed by atoms with E-state index in [1.54, 1.807) is 36.4 Å². The average molecular weight is 477 g/mol. The van der Waals surface area contributed by atoms with Gasteiger partial charge in [-0.2, -0.15) is 5.10 Å². The standard InChI is InChI=1S/C25H23N3O7/c1-33-18-10-4-15(5-11-18)20-14-21(27(26-20)16-6-8-17(9-7-16)28(31)32)19-12-13-22(34-2)24(35-3)23(19)25(29)30/h4-13,21H,14H2,1-3H3,(H,29,30)/t21-/m0/s1. The number of rotatable bonds is 8. The summed E-state index contributed by atoms with van der Waals surface area (Å²) in [6.07, 6.45) is 0.388. The molecule has 0 bridgehead atoms. The Morgan fingerprint density at radius 1 is 1.00 bits per heavy atom. The third-order valence-electron chi connectivity index (χ3n) is 5.81. The van der Waals surface area contributed by atoms with Gasteiger partial charge in [0.25, 0.3) is 5.69 Å². The number of carbonyl (C=O) groups is 1. The molecule has 0 fully saturated rings. The van der Waals surface area contributed by atoms with Gasteiger partial charge < -0.3 is 19.3 Å². The number of nitro groups is 1. The van der Waals surface area contributed by atoms with Gasteiger partial charge in [-0.25, -0.2) is 4.79 Å². The van der Waals surface area contributed by atoms with Crippen molar-refractivity contribution in [1.82, 2.24) is 0 Å². The van der Waals surface area contributed by atoms with E-state index in [-0.39, 0.29) is 17.0 Å². The molecule has 10 heteroatoms. The van der Waals surface area contributed by atoms with Crippen molar-refractivity contribution in [3.05, 3.63) is 87.5 Å². The van der Waals surface area contributed by atoms with Crippen molar-refractivity contribution in [2.24, 2.45) is 5.10 Å². The molecule has 1 heterocycles. The van der Waals surface area contributed by atoms with Crippen molar-refractivity contribution in [2.45, 2.75) is 12.5 Å². The Morgan fingerprint density at radius 3 is 2.23 bits per heavy atom. The molecule has 0 saturated heterocycles. The van der Waals surface area contributed by atoms with Crippen LogP contribution < -0.4 is 19.2 Å². The van der Waals surface area contributed by atoms with E-state index in [4.69, 9.17) is 19.3 Å². The molecule has 1 aliphatic heterocycles. The summed E-state index contributed by atoms with van der Waals surface area (Å²) in [6, 6.07) is 16.2. The molecule has 3 aromatic carbocycles. The van der Waals surface area contributed by atoms with Crippen molar-refractivity contribution in [3.63, 3.8) is 0 Å². The van der Waals surface area contributed by atoms with Crippen LogP contribution in [0, 0.1) is 10.1 Å². The number of hydrogen-bond acceptors (Lipinski definition) is 8. The van der Waals surface area contributed by atoms with Gasteiger partial charge in [-0.1, -0.05) is 6.07 Å². The van der Waals surface area contributed by atoms with E-state index < -0.39 is 16.9 Å². The lowest BCUT2D eigenvalue weighted by molar-refractivity contribution is -0.384. The Bertz CT molecular complexity index is 1290. The maximum absolute atomic E-state index is 12.3. The van der Waals surface area contributed by atoms with Gasteiger partial charge in [0.1, 0.15) is 11.3 Å². The third-order valence-corrected chi connectivity index (χ3v) is 5.81. The molecule has 0 aromatic heterocycles. The number of nitro benzene ring substituents is 1. The quantitative estimate of drug-likeness (QED) is 0.367. The zero-order chi connectivity index (χ0) is 25.1. The number of benzene rings is 3. The van der Waals surface area contributed by atoms with Crippen LogP contribution in [0.2, 0.25) is 0 Å². The lowest BCUT2D eigenvalue weighted by atomic mass is 9.93. The van der Waals surface area contributed by atoms with Crippen LogP contribution in [0.15, 0.2) is 65.8 Å². The van der Waals surface area contributed by atoms with E-state index in [1.165, 1.54) is 26.4 Å². The molecule has 0 radical (unpaired) electrons. The van der Waals surface area contributed by atoms with Crippen LogP contribution in [0.5, 0.6) is 17.2 Å². The highest BCUT2D eigenvalue weighted by Crippen LogP contribution is 2.43. The van der Waals surface area contributed by atoms with Crippen molar-refractivity contribution in [2.75, 3.05) is 26.3 Å². The van der Waals surface area contributed by atoms with E-state index in [9.17, 15) is 20.0 Å². The first kappa shape index (κ1) is 23.6. The molecule has 35 heavy (non-hydrogen) atoms. The molecule has 0 unspecified atom stereocenters. The molecule has 0 saturated carbocycles. The molecule has 1 N–H and O–H groups in total. The Kier molecular flexibility index (Phi) is 6.54. The SMILES string of the molecule is COc1ccc(C2=NN(c3ccc([N+](=O)[O-])cc3)[C@H](c3ccc(OC)c(OC)c3C(=O)O)C2)cc1. The fourth-order valence-electron chi connectivity index (χ4n) is 4.12.